The summed E-state index contributed by atoms with van der Waals surface area (Å²) in [6.07, 6.45) is 3.07. The van der Waals surface area contributed by atoms with E-state index in [0.717, 1.165) is 0 Å². The molecule has 0 aromatic rings. The number of allylic oxidation sites excluding steroid dienone is 1. The van der Waals surface area contributed by atoms with Crippen LogP contribution in [0.3, 0.4) is 0 Å². The third-order valence-electron chi connectivity index (χ3n) is 6.50. The molecule has 25 heavy (non-hydrogen) atoms. The maximum absolute atomic E-state index is 12.7. The molecule has 6 nitrogen and oxygen atoms in total. The van der Waals surface area contributed by atoms with E-state index in [4.69, 9.17) is 9.47 Å². The van der Waals surface area contributed by atoms with Gasteiger partial charge in [0.05, 0.1) is 5.92 Å². The Kier molecular flexibility index (Phi) is 3.33. The highest BCUT2D eigenvalue weighted by Gasteiger charge is 2.70. The van der Waals surface area contributed by atoms with Crippen LogP contribution in [0, 0.1) is 17.8 Å². The molecule has 0 radical (unpaired) electrons. The third kappa shape index (κ3) is 1.97. The average molecular weight is 346 g/mol. The van der Waals surface area contributed by atoms with Crippen molar-refractivity contribution in [2.45, 2.75) is 57.3 Å². The Hall–Kier alpha value is -1.95. The largest absolute Gasteiger partial charge is 0.484 e. The standard InChI is InChI=1S/C19H22O6/c1-9-4-6-13(21)14-16-19(25-17(14)23)8-10(2)18(3,24-16)15(22)11(19)5-7-12(9)20/h5,7,9-11,15,22H,4,6,8H2,1-3H3/b7-5-/t9-,10-,11?,15-,18-,19-/m1/s1. The van der Waals surface area contributed by atoms with E-state index < -0.39 is 29.2 Å². The van der Waals surface area contributed by atoms with E-state index in [0.29, 0.717) is 12.8 Å². The van der Waals surface area contributed by atoms with Crippen LogP contribution in [-0.2, 0) is 23.9 Å². The fourth-order valence-electron chi connectivity index (χ4n) is 4.61. The lowest BCUT2D eigenvalue weighted by molar-refractivity contribution is -0.262. The Balaban J connectivity index is 1.94. The Labute approximate surface area is 145 Å². The highest BCUT2D eigenvalue weighted by atomic mass is 16.6. The van der Waals surface area contributed by atoms with Crippen molar-refractivity contribution in [3.8, 4) is 0 Å². The Morgan fingerprint density at radius 2 is 1.92 bits per heavy atom. The van der Waals surface area contributed by atoms with Gasteiger partial charge in [-0.2, -0.15) is 0 Å². The van der Waals surface area contributed by atoms with Crippen LogP contribution in [0.4, 0.5) is 0 Å². The van der Waals surface area contributed by atoms with Crippen LogP contribution in [0.2, 0.25) is 0 Å². The lowest BCUT2D eigenvalue weighted by Gasteiger charge is -2.59. The Bertz CT molecular complexity index is 749. The van der Waals surface area contributed by atoms with Gasteiger partial charge in [0.25, 0.3) is 0 Å². The molecule has 0 aromatic heterocycles. The van der Waals surface area contributed by atoms with E-state index in [9.17, 15) is 19.5 Å². The van der Waals surface area contributed by atoms with Gasteiger partial charge in [-0.05, 0) is 19.4 Å². The molecule has 1 spiro atoms. The number of carbonyl (C=O) groups excluding carboxylic acids is 3. The van der Waals surface area contributed by atoms with Crippen LogP contribution in [0.25, 0.3) is 0 Å². The minimum Gasteiger partial charge on any atom is -0.484 e. The van der Waals surface area contributed by atoms with E-state index in [1.165, 1.54) is 6.08 Å². The molecule has 134 valence electrons. The van der Waals surface area contributed by atoms with Crippen LogP contribution >= 0.6 is 0 Å². The van der Waals surface area contributed by atoms with Crippen LogP contribution in [0.1, 0.15) is 40.0 Å². The number of ketones is 2. The number of rotatable bonds is 0. The molecule has 1 unspecified atom stereocenters. The first-order chi connectivity index (χ1) is 11.7. The van der Waals surface area contributed by atoms with Crippen molar-refractivity contribution in [1.29, 1.82) is 0 Å². The van der Waals surface area contributed by atoms with Gasteiger partial charge in [-0.3, -0.25) is 9.59 Å². The van der Waals surface area contributed by atoms with Crippen LogP contribution in [-0.4, -0.2) is 39.9 Å². The second-order valence-electron chi connectivity index (χ2n) is 7.97. The summed E-state index contributed by atoms with van der Waals surface area (Å²) >= 11 is 0. The highest BCUT2D eigenvalue weighted by Crippen LogP contribution is 2.60. The quantitative estimate of drug-likeness (QED) is 0.528. The van der Waals surface area contributed by atoms with Gasteiger partial charge in [0.15, 0.2) is 22.9 Å². The van der Waals surface area contributed by atoms with Gasteiger partial charge in [-0.25, -0.2) is 4.79 Å². The van der Waals surface area contributed by atoms with Gasteiger partial charge in [0.1, 0.15) is 17.3 Å². The van der Waals surface area contributed by atoms with Crippen molar-refractivity contribution in [1.82, 2.24) is 0 Å². The van der Waals surface area contributed by atoms with E-state index in [1.54, 1.807) is 19.9 Å². The molecule has 2 aliphatic carbocycles. The zero-order chi connectivity index (χ0) is 18.1. The van der Waals surface area contributed by atoms with Crippen LogP contribution in [0.5, 0.6) is 0 Å². The smallest absolute Gasteiger partial charge is 0.346 e. The zero-order valence-corrected chi connectivity index (χ0v) is 14.6. The maximum Gasteiger partial charge on any atom is 0.346 e. The van der Waals surface area contributed by atoms with Crippen molar-refractivity contribution in [2.24, 2.45) is 17.8 Å². The minimum absolute atomic E-state index is 0.0371. The fourth-order valence-corrected chi connectivity index (χ4v) is 4.61. The van der Waals surface area contributed by atoms with Gasteiger partial charge in [-0.15, -0.1) is 0 Å². The normalized spacial score (nSPS) is 47.3. The second-order valence-corrected chi connectivity index (χ2v) is 7.97. The number of fused-ring (bicyclic) bond motifs is 1. The molecule has 5 rings (SSSR count). The Morgan fingerprint density at radius 1 is 1.20 bits per heavy atom. The lowest BCUT2D eigenvalue weighted by Crippen LogP contribution is -2.69. The first kappa shape index (κ1) is 16.5. The number of carbonyl (C=O) groups is 3. The first-order valence-electron chi connectivity index (χ1n) is 8.81. The molecular formula is C19H22O6. The van der Waals surface area contributed by atoms with Crippen molar-refractivity contribution in [2.75, 3.05) is 0 Å². The monoisotopic (exact) mass is 346 g/mol. The molecule has 3 fully saturated rings. The summed E-state index contributed by atoms with van der Waals surface area (Å²) in [5.74, 6) is -1.86. The summed E-state index contributed by atoms with van der Waals surface area (Å²) in [7, 11) is 0. The molecule has 1 saturated carbocycles. The van der Waals surface area contributed by atoms with E-state index in [2.05, 4.69) is 0 Å². The van der Waals surface area contributed by atoms with Gasteiger partial charge in [0, 0.05) is 24.7 Å². The summed E-state index contributed by atoms with van der Waals surface area (Å²) in [6.45, 7) is 5.48. The summed E-state index contributed by atoms with van der Waals surface area (Å²) < 4.78 is 11.7. The molecule has 3 aliphatic heterocycles. The first-order valence-corrected chi connectivity index (χ1v) is 8.81. The summed E-state index contributed by atoms with van der Waals surface area (Å²) in [5, 5.41) is 10.9. The second kappa shape index (κ2) is 5.04. The summed E-state index contributed by atoms with van der Waals surface area (Å²) in [6, 6.07) is 0. The summed E-state index contributed by atoms with van der Waals surface area (Å²) in [4.78, 5) is 37.5. The van der Waals surface area contributed by atoms with Gasteiger partial charge < -0.3 is 14.6 Å². The third-order valence-corrected chi connectivity index (χ3v) is 6.50. The van der Waals surface area contributed by atoms with Crippen molar-refractivity contribution < 1.29 is 29.0 Å². The molecule has 1 N–H and O–H groups in total. The van der Waals surface area contributed by atoms with Crippen LogP contribution < -0.4 is 0 Å². The molecule has 0 aromatic carbocycles. The SMILES string of the molecule is C[C@@H]1CCC(=O)C2=C3O[C@]4(C)[C@H](C)C[C@@]3(OC2=O)C(/C=C\C1=O)[C@H]4O. The maximum atomic E-state index is 12.7. The van der Waals surface area contributed by atoms with Gasteiger partial charge in [-0.1, -0.05) is 19.9 Å². The van der Waals surface area contributed by atoms with Crippen molar-refractivity contribution >= 4 is 17.5 Å². The predicted molar refractivity (Wildman–Crippen MR) is 86.2 cm³/mol. The number of hydrogen-bond donors (Lipinski definition) is 1. The molecule has 2 saturated heterocycles. The number of hydrogen-bond acceptors (Lipinski definition) is 6. The van der Waals surface area contributed by atoms with Gasteiger partial charge >= 0.3 is 5.97 Å². The Morgan fingerprint density at radius 3 is 2.64 bits per heavy atom. The van der Waals surface area contributed by atoms with E-state index >= 15 is 0 Å². The van der Waals surface area contributed by atoms with E-state index in [-0.39, 0.29) is 41.2 Å². The van der Waals surface area contributed by atoms with E-state index in [1.807, 2.05) is 6.92 Å². The number of Topliss-reactive ketones (excluding diaryl/α,β-unsaturated/α-hetero) is 1. The molecule has 3 heterocycles. The minimum atomic E-state index is -1.19. The molecule has 5 aliphatic rings. The average Bonchev–Trinajstić information content (AvgIpc) is 2.82. The topological polar surface area (TPSA) is 89.9 Å². The van der Waals surface area contributed by atoms with Gasteiger partial charge in [0.2, 0.25) is 0 Å². The molecule has 5 bridgehead atoms. The summed E-state index contributed by atoms with van der Waals surface area (Å²) in [5.41, 5.74) is -2.16. The molecule has 6 heteroatoms. The number of aliphatic hydroxyl groups is 1. The van der Waals surface area contributed by atoms with Crippen LogP contribution in [0.15, 0.2) is 23.5 Å². The number of esters is 1. The lowest BCUT2D eigenvalue weighted by atomic mass is 9.59. The number of aliphatic hydroxyl groups excluding tert-OH is 1. The van der Waals surface area contributed by atoms with Crippen molar-refractivity contribution in [3.05, 3.63) is 23.5 Å². The van der Waals surface area contributed by atoms with Crippen molar-refractivity contribution in [3.63, 3.8) is 0 Å². The number of ether oxygens (including phenoxy) is 2. The fraction of sp³-hybridized carbons (Fsp3) is 0.632. The predicted octanol–water partition coefficient (Wildman–Crippen LogP) is 1.47. The molecule has 6 atom stereocenters. The highest BCUT2D eigenvalue weighted by molar-refractivity contribution is 6.19. The molecular weight excluding hydrogens is 324 g/mol. The molecule has 0 amide bonds. The zero-order valence-electron chi connectivity index (χ0n) is 14.6.